The van der Waals surface area contributed by atoms with Gasteiger partial charge in [-0.2, -0.15) is 0 Å². The van der Waals surface area contributed by atoms with Gasteiger partial charge in [-0.15, -0.1) is 0 Å². The van der Waals surface area contributed by atoms with Crippen LogP contribution in [0.25, 0.3) is 0 Å². The van der Waals surface area contributed by atoms with Gasteiger partial charge in [0.2, 0.25) is 5.78 Å². The molecule has 0 heterocycles. The minimum absolute atomic E-state index is 0.0816. The number of oxime groups is 1. The number of carbonyl (C=O) groups is 1. The molecule has 1 rings (SSSR count). The monoisotopic (exact) mass is 241 g/mol. The van der Waals surface area contributed by atoms with Gasteiger partial charge in [0.1, 0.15) is 5.71 Å². The number of hydrogen-bond donors (Lipinski definition) is 1. The molecule has 0 atom stereocenters. The number of carbonyl (C=O) groups excluding carboxylic acids is 1. The molecule has 1 N–H and O–H groups in total. The lowest BCUT2D eigenvalue weighted by Crippen LogP contribution is -2.10. The summed E-state index contributed by atoms with van der Waals surface area (Å²) in [6, 6.07) is 6.92. The molecular formula is C9H8BrNO2. The van der Waals surface area contributed by atoms with Crippen molar-refractivity contribution in [3.63, 3.8) is 0 Å². The average Bonchev–Trinajstić information content (AvgIpc) is 2.15. The predicted octanol–water partition coefficient (Wildman–Crippen LogP) is 2.48. The van der Waals surface area contributed by atoms with Crippen molar-refractivity contribution in [2.75, 3.05) is 0 Å². The molecule has 0 aliphatic rings. The molecule has 0 spiro atoms. The van der Waals surface area contributed by atoms with Crippen LogP contribution in [0.15, 0.2) is 33.9 Å². The topological polar surface area (TPSA) is 49.7 Å². The molecule has 1 aromatic carbocycles. The molecule has 0 saturated carbocycles. The number of halogens is 1. The van der Waals surface area contributed by atoms with Crippen LogP contribution in [0.5, 0.6) is 0 Å². The van der Waals surface area contributed by atoms with Gasteiger partial charge in [-0.25, -0.2) is 0 Å². The fourth-order valence-electron chi connectivity index (χ4n) is 0.884. The van der Waals surface area contributed by atoms with E-state index in [9.17, 15) is 4.79 Å². The normalized spacial score (nSPS) is 11.4. The summed E-state index contributed by atoms with van der Waals surface area (Å²) in [6.45, 7) is 1.46. The Bertz CT molecular complexity index is 360. The molecule has 0 bridgehead atoms. The van der Waals surface area contributed by atoms with Gasteiger partial charge in [0.15, 0.2) is 0 Å². The first-order valence-corrected chi connectivity index (χ1v) is 4.43. The Morgan fingerprint density at radius 2 is 2.23 bits per heavy atom. The Morgan fingerprint density at radius 1 is 1.54 bits per heavy atom. The Labute approximate surface area is 84.2 Å². The minimum atomic E-state index is -0.274. The molecule has 0 unspecified atom stereocenters. The predicted molar refractivity (Wildman–Crippen MR) is 53.4 cm³/mol. The van der Waals surface area contributed by atoms with Crippen LogP contribution in [0.4, 0.5) is 0 Å². The molecule has 0 saturated heterocycles. The number of Topliss-reactive ketones (excluding diaryl/α,β-unsaturated/α-hetero) is 1. The Morgan fingerprint density at radius 3 is 2.77 bits per heavy atom. The van der Waals surface area contributed by atoms with Crippen LogP contribution in [-0.4, -0.2) is 16.7 Å². The van der Waals surface area contributed by atoms with E-state index in [1.54, 1.807) is 18.2 Å². The van der Waals surface area contributed by atoms with E-state index in [4.69, 9.17) is 5.21 Å². The molecule has 13 heavy (non-hydrogen) atoms. The summed E-state index contributed by atoms with van der Waals surface area (Å²) < 4.78 is 0.823. The molecule has 4 heteroatoms. The first-order valence-electron chi connectivity index (χ1n) is 3.64. The zero-order valence-corrected chi connectivity index (χ0v) is 8.58. The highest BCUT2D eigenvalue weighted by Crippen LogP contribution is 2.12. The van der Waals surface area contributed by atoms with Crippen molar-refractivity contribution in [2.45, 2.75) is 6.92 Å². The van der Waals surface area contributed by atoms with E-state index in [0.717, 1.165) is 4.47 Å². The number of rotatable bonds is 2. The lowest BCUT2D eigenvalue weighted by atomic mass is 10.1. The molecule has 0 aliphatic heterocycles. The van der Waals surface area contributed by atoms with Crippen LogP contribution in [0.1, 0.15) is 17.3 Å². The van der Waals surface area contributed by atoms with Crippen molar-refractivity contribution >= 4 is 27.4 Å². The zero-order valence-electron chi connectivity index (χ0n) is 6.99. The summed E-state index contributed by atoms with van der Waals surface area (Å²) in [5, 5.41) is 11.2. The minimum Gasteiger partial charge on any atom is -0.411 e. The van der Waals surface area contributed by atoms with E-state index < -0.39 is 0 Å². The van der Waals surface area contributed by atoms with Crippen LogP contribution >= 0.6 is 15.9 Å². The number of ketones is 1. The Balaban J connectivity index is 3.03. The Kier molecular flexibility index (Phi) is 3.19. The van der Waals surface area contributed by atoms with Crippen molar-refractivity contribution in [3.8, 4) is 0 Å². The molecule has 1 aromatic rings. The second-order valence-corrected chi connectivity index (χ2v) is 3.44. The standard InChI is InChI=1S/C9H8BrNO2/c1-6(11-13)9(12)7-3-2-4-8(10)5-7/h2-5,13H,1H3/b11-6-. The average molecular weight is 242 g/mol. The van der Waals surface area contributed by atoms with E-state index in [2.05, 4.69) is 21.1 Å². The lowest BCUT2D eigenvalue weighted by molar-refractivity contribution is 0.106. The number of nitrogens with zero attached hydrogens (tertiary/aromatic N) is 1. The smallest absolute Gasteiger partial charge is 0.210 e. The van der Waals surface area contributed by atoms with E-state index in [0.29, 0.717) is 5.56 Å². The van der Waals surface area contributed by atoms with Gasteiger partial charge in [-0.05, 0) is 19.1 Å². The van der Waals surface area contributed by atoms with Gasteiger partial charge >= 0.3 is 0 Å². The van der Waals surface area contributed by atoms with Crippen LogP contribution in [0.3, 0.4) is 0 Å². The maximum atomic E-state index is 11.4. The SMILES string of the molecule is C/C(=N/O)C(=O)c1cccc(Br)c1. The molecule has 68 valence electrons. The maximum absolute atomic E-state index is 11.4. The van der Waals surface area contributed by atoms with Gasteiger partial charge in [-0.3, -0.25) is 4.79 Å². The highest BCUT2D eigenvalue weighted by atomic mass is 79.9. The number of hydrogen-bond acceptors (Lipinski definition) is 3. The van der Waals surface area contributed by atoms with Crippen molar-refractivity contribution < 1.29 is 10.0 Å². The van der Waals surface area contributed by atoms with E-state index >= 15 is 0 Å². The van der Waals surface area contributed by atoms with Gasteiger partial charge in [0.25, 0.3) is 0 Å². The van der Waals surface area contributed by atoms with Crippen molar-refractivity contribution in [2.24, 2.45) is 5.16 Å². The zero-order chi connectivity index (χ0) is 9.84. The molecular weight excluding hydrogens is 234 g/mol. The maximum Gasteiger partial charge on any atom is 0.210 e. The van der Waals surface area contributed by atoms with Crippen LogP contribution < -0.4 is 0 Å². The third kappa shape index (κ3) is 2.39. The van der Waals surface area contributed by atoms with Crippen LogP contribution in [0.2, 0.25) is 0 Å². The van der Waals surface area contributed by atoms with Gasteiger partial charge < -0.3 is 5.21 Å². The van der Waals surface area contributed by atoms with Gasteiger partial charge in [0.05, 0.1) is 0 Å². The van der Waals surface area contributed by atoms with Crippen molar-refractivity contribution in [3.05, 3.63) is 34.3 Å². The quantitative estimate of drug-likeness (QED) is 0.375. The summed E-state index contributed by atoms with van der Waals surface area (Å²) >= 11 is 3.25. The number of benzene rings is 1. The third-order valence-corrected chi connectivity index (χ3v) is 2.06. The largest absolute Gasteiger partial charge is 0.411 e. The van der Waals surface area contributed by atoms with E-state index in [-0.39, 0.29) is 11.5 Å². The highest BCUT2D eigenvalue weighted by Gasteiger charge is 2.09. The Hall–Kier alpha value is -1.16. The summed E-state index contributed by atoms with van der Waals surface area (Å²) in [5.74, 6) is -0.274. The second-order valence-electron chi connectivity index (χ2n) is 2.52. The summed E-state index contributed by atoms with van der Waals surface area (Å²) in [6.07, 6.45) is 0. The van der Waals surface area contributed by atoms with E-state index in [1.807, 2.05) is 6.07 Å². The lowest BCUT2D eigenvalue weighted by Gasteiger charge is -1.98. The van der Waals surface area contributed by atoms with Crippen molar-refractivity contribution in [1.29, 1.82) is 0 Å². The second kappa shape index (κ2) is 4.18. The van der Waals surface area contributed by atoms with Crippen molar-refractivity contribution in [1.82, 2.24) is 0 Å². The summed E-state index contributed by atoms with van der Waals surface area (Å²) in [7, 11) is 0. The summed E-state index contributed by atoms with van der Waals surface area (Å²) in [4.78, 5) is 11.4. The summed E-state index contributed by atoms with van der Waals surface area (Å²) in [5.41, 5.74) is 0.586. The molecule has 0 aliphatic carbocycles. The van der Waals surface area contributed by atoms with Crippen LogP contribution in [-0.2, 0) is 0 Å². The molecule has 0 amide bonds. The first kappa shape index (κ1) is 9.92. The first-order chi connectivity index (χ1) is 6.15. The molecule has 0 radical (unpaired) electrons. The van der Waals surface area contributed by atoms with Gasteiger partial charge in [-0.1, -0.05) is 33.2 Å². The third-order valence-electron chi connectivity index (χ3n) is 1.57. The molecule has 3 nitrogen and oxygen atoms in total. The highest BCUT2D eigenvalue weighted by molar-refractivity contribution is 9.10. The fraction of sp³-hybridized carbons (Fsp3) is 0.111. The fourth-order valence-corrected chi connectivity index (χ4v) is 1.28. The molecule has 0 fully saturated rings. The van der Waals surface area contributed by atoms with Gasteiger partial charge in [0, 0.05) is 10.0 Å². The molecule has 0 aromatic heterocycles. The van der Waals surface area contributed by atoms with E-state index in [1.165, 1.54) is 6.92 Å². The van der Waals surface area contributed by atoms with Crippen LogP contribution in [0, 0.1) is 0 Å².